The van der Waals surface area contributed by atoms with Gasteiger partial charge in [0.2, 0.25) is 0 Å². The zero-order valence-corrected chi connectivity index (χ0v) is 11.4. The minimum absolute atomic E-state index is 0.179. The quantitative estimate of drug-likeness (QED) is 0.784. The van der Waals surface area contributed by atoms with E-state index in [4.69, 9.17) is 5.73 Å². The number of nitrogens with two attached hydrogens (primary N) is 1. The first-order valence-corrected chi connectivity index (χ1v) is 6.84. The Morgan fingerprint density at radius 2 is 2.06 bits per heavy atom. The zero-order chi connectivity index (χ0) is 13.3. The minimum atomic E-state index is 0.179. The molecule has 3 heteroatoms. The Hall–Kier alpha value is -1.09. The fraction of sp³-hybridized carbons (Fsp3) is 0.667. The molecule has 3 nitrogen and oxygen atoms in total. The monoisotopic (exact) mass is 251 g/mol. The maximum atomic E-state index is 9.77. The van der Waals surface area contributed by atoms with Crippen LogP contribution in [0.5, 0.6) is 0 Å². The van der Waals surface area contributed by atoms with Gasteiger partial charge in [0.1, 0.15) is 6.61 Å². The molecule has 0 bridgehead atoms. The van der Waals surface area contributed by atoms with E-state index in [1.165, 1.54) is 32.1 Å². The van der Waals surface area contributed by atoms with Crippen molar-refractivity contribution in [3.8, 4) is 0 Å². The van der Waals surface area contributed by atoms with E-state index in [1.54, 1.807) is 0 Å². The first-order chi connectivity index (χ1) is 8.64. The van der Waals surface area contributed by atoms with Crippen LogP contribution in [-0.2, 0) is 9.53 Å². The molecule has 0 aromatic heterocycles. The van der Waals surface area contributed by atoms with Gasteiger partial charge in [0.05, 0.1) is 0 Å². The lowest BCUT2D eigenvalue weighted by Gasteiger charge is -2.28. The summed E-state index contributed by atoms with van der Waals surface area (Å²) in [5.74, 6) is 0. The van der Waals surface area contributed by atoms with Crippen molar-refractivity contribution in [1.82, 2.24) is 0 Å². The van der Waals surface area contributed by atoms with Crippen LogP contribution in [0.15, 0.2) is 23.8 Å². The molecule has 0 saturated heterocycles. The molecule has 0 unspecified atom stereocenters. The van der Waals surface area contributed by atoms with E-state index in [2.05, 4.69) is 23.8 Å². The molecule has 1 fully saturated rings. The number of ether oxygens (including phenoxy) is 1. The number of allylic oxidation sites excluding steroid dienone is 2. The molecular weight excluding hydrogens is 226 g/mol. The summed E-state index contributed by atoms with van der Waals surface area (Å²) in [6.45, 7) is 3.05. The maximum Gasteiger partial charge on any atom is 0.293 e. The molecule has 2 N–H and O–H groups in total. The smallest absolute Gasteiger partial charge is 0.293 e. The third-order valence-electron chi connectivity index (χ3n) is 3.39. The molecule has 0 radical (unpaired) electrons. The Labute approximate surface area is 110 Å². The van der Waals surface area contributed by atoms with Gasteiger partial charge in [0.25, 0.3) is 6.47 Å². The number of carbonyl (C=O) groups is 1. The third kappa shape index (κ3) is 6.60. The highest BCUT2D eigenvalue weighted by atomic mass is 16.5. The van der Waals surface area contributed by atoms with Gasteiger partial charge in [0.15, 0.2) is 0 Å². The van der Waals surface area contributed by atoms with Gasteiger partial charge in [0, 0.05) is 5.54 Å². The van der Waals surface area contributed by atoms with Gasteiger partial charge in [-0.25, -0.2) is 0 Å². The molecular formula is C15H25NO2. The van der Waals surface area contributed by atoms with Crippen molar-refractivity contribution in [3.63, 3.8) is 0 Å². The average molecular weight is 251 g/mol. The second-order valence-electron chi connectivity index (χ2n) is 5.38. The molecule has 2 aliphatic rings. The zero-order valence-electron chi connectivity index (χ0n) is 11.4. The van der Waals surface area contributed by atoms with Gasteiger partial charge in [-0.1, -0.05) is 37.5 Å². The Morgan fingerprint density at radius 1 is 1.33 bits per heavy atom. The van der Waals surface area contributed by atoms with Crippen LogP contribution >= 0.6 is 0 Å². The molecule has 0 amide bonds. The summed E-state index contributed by atoms with van der Waals surface area (Å²) >= 11 is 0. The van der Waals surface area contributed by atoms with E-state index in [0.29, 0.717) is 13.1 Å². The summed E-state index contributed by atoms with van der Waals surface area (Å²) in [6, 6.07) is 0. The Kier molecular flexibility index (Phi) is 6.73. The molecule has 1 saturated carbocycles. The lowest BCUT2D eigenvalue weighted by molar-refractivity contribution is -0.127. The molecule has 0 aromatic carbocycles. The van der Waals surface area contributed by atoms with Crippen LogP contribution in [-0.4, -0.2) is 18.6 Å². The van der Waals surface area contributed by atoms with E-state index >= 15 is 0 Å². The van der Waals surface area contributed by atoms with E-state index in [-0.39, 0.29) is 5.54 Å². The summed E-state index contributed by atoms with van der Waals surface area (Å²) in [6.07, 6.45) is 14.9. The van der Waals surface area contributed by atoms with Crippen LogP contribution < -0.4 is 5.73 Å². The summed E-state index contributed by atoms with van der Waals surface area (Å²) in [5, 5.41) is 0. The molecule has 0 heterocycles. The summed E-state index contributed by atoms with van der Waals surface area (Å²) < 4.78 is 4.57. The summed E-state index contributed by atoms with van der Waals surface area (Å²) in [5.41, 5.74) is 7.15. The predicted octanol–water partition coefficient (Wildman–Crippen LogP) is 3.10. The third-order valence-corrected chi connectivity index (χ3v) is 3.39. The largest absolute Gasteiger partial charge is 0.463 e. The van der Waals surface area contributed by atoms with E-state index in [9.17, 15) is 4.79 Å². The standard InChI is InChI=1S/C8H10O2.C7H15N/c9-7-10-6-8-4-2-1-3-5-8;1-7(8)5-3-2-4-6-7/h2,4-5,7H,1,3,6H2;2-6,8H2,1H3. The van der Waals surface area contributed by atoms with Crippen molar-refractivity contribution in [2.45, 2.75) is 57.4 Å². The highest BCUT2D eigenvalue weighted by molar-refractivity contribution is 5.38. The second kappa shape index (κ2) is 8.09. The fourth-order valence-corrected chi connectivity index (χ4v) is 2.26. The topological polar surface area (TPSA) is 52.3 Å². The van der Waals surface area contributed by atoms with Gasteiger partial charge in [-0.2, -0.15) is 0 Å². The minimum Gasteiger partial charge on any atom is -0.463 e. The SMILES string of the molecule is CC1(N)CCCCC1.O=COCC1=CCCC=C1. The van der Waals surface area contributed by atoms with Crippen LogP contribution in [0.4, 0.5) is 0 Å². The van der Waals surface area contributed by atoms with E-state index in [0.717, 1.165) is 18.4 Å². The van der Waals surface area contributed by atoms with Gasteiger partial charge in [-0.15, -0.1) is 0 Å². The molecule has 102 valence electrons. The maximum absolute atomic E-state index is 9.77. The predicted molar refractivity (Wildman–Crippen MR) is 74.2 cm³/mol. The first kappa shape index (κ1) is 15.0. The normalized spacial score (nSPS) is 21.3. The molecule has 0 aliphatic heterocycles. The first-order valence-electron chi connectivity index (χ1n) is 6.84. The molecule has 0 atom stereocenters. The van der Waals surface area contributed by atoms with Crippen molar-refractivity contribution in [2.24, 2.45) is 5.73 Å². The molecule has 18 heavy (non-hydrogen) atoms. The number of carbonyl (C=O) groups excluding carboxylic acids is 1. The molecule has 0 aromatic rings. The van der Waals surface area contributed by atoms with Crippen molar-refractivity contribution in [2.75, 3.05) is 6.61 Å². The Morgan fingerprint density at radius 3 is 2.50 bits per heavy atom. The number of rotatable bonds is 3. The summed E-state index contributed by atoms with van der Waals surface area (Å²) in [4.78, 5) is 9.77. The van der Waals surface area contributed by atoms with Crippen molar-refractivity contribution < 1.29 is 9.53 Å². The van der Waals surface area contributed by atoms with Crippen LogP contribution in [0.1, 0.15) is 51.9 Å². The van der Waals surface area contributed by atoms with Crippen LogP contribution in [0.2, 0.25) is 0 Å². The molecule has 2 rings (SSSR count). The molecule has 0 spiro atoms. The van der Waals surface area contributed by atoms with E-state index < -0.39 is 0 Å². The Bertz CT molecular complexity index is 298. The van der Waals surface area contributed by atoms with Crippen molar-refractivity contribution in [1.29, 1.82) is 0 Å². The Balaban J connectivity index is 0.000000184. The van der Waals surface area contributed by atoms with Gasteiger partial charge < -0.3 is 10.5 Å². The van der Waals surface area contributed by atoms with Crippen LogP contribution in [0.3, 0.4) is 0 Å². The lowest BCUT2D eigenvalue weighted by atomic mass is 9.84. The number of hydrogen-bond acceptors (Lipinski definition) is 3. The molecule has 2 aliphatic carbocycles. The van der Waals surface area contributed by atoms with Crippen LogP contribution in [0.25, 0.3) is 0 Å². The fourth-order valence-electron chi connectivity index (χ4n) is 2.26. The highest BCUT2D eigenvalue weighted by Crippen LogP contribution is 2.24. The summed E-state index contributed by atoms with van der Waals surface area (Å²) in [7, 11) is 0. The average Bonchev–Trinajstić information content (AvgIpc) is 2.38. The number of hydrogen-bond donors (Lipinski definition) is 1. The van der Waals surface area contributed by atoms with Gasteiger partial charge >= 0.3 is 0 Å². The van der Waals surface area contributed by atoms with E-state index in [1.807, 2.05) is 6.08 Å². The van der Waals surface area contributed by atoms with Crippen LogP contribution in [0, 0.1) is 0 Å². The van der Waals surface area contributed by atoms with Crippen molar-refractivity contribution in [3.05, 3.63) is 23.8 Å². The highest BCUT2D eigenvalue weighted by Gasteiger charge is 2.20. The van der Waals surface area contributed by atoms with Gasteiger partial charge in [-0.05, 0) is 38.2 Å². The van der Waals surface area contributed by atoms with Gasteiger partial charge in [-0.3, -0.25) is 4.79 Å². The lowest BCUT2D eigenvalue weighted by Crippen LogP contribution is -2.37. The second-order valence-corrected chi connectivity index (χ2v) is 5.38. The van der Waals surface area contributed by atoms with Crippen molar-refractivity contribution >= 4 is 6.47 Å².